The summed E-state index contributed by atoms with van der Waals surface area (Å²) >= 11 is 0. The van der Waals surface area contributed by atoms with Crippen LogP contribution in [0.5, 0.6) is 11.5 Å². The van der Waals surface area contributed by atoms with Crippen molar-refractivity contribution in [1.29, 1.82) is 0 Å². The van der Waals surface area contributed by atoms with E-state index >= 15 is 0 Å². The first-order chi connectivity index (χ1) is 9.68. The van der Waals surface area contributed by atoms with Crippen molar-refractivity contribution in [3.8, 4) is 11.5 Å². The summed E-state index contributed by atoms with van der Waals surface area (Å²) in [6.45, 7) is 1.30. The number of nitrogens with zero attached hydrogens (tertiary/aromatic N) is 1. The first kappa shape index (κ1) is 12.8. The lowest BCUT2D eigenvalue weighted by atomic mass is 10.1. The van der Waals surface area contributed by atoms with Crippen molar-refractivity contribution in [2.24, 2.45) is 0 Å². The van der Waals surface area contributed by atoms with Gasteiger partial charge in [-0.25, -0.2) is 4.79 Å². The van der Waals surface area contributed by atoms with E-state index in [9.17, 15) is 9.59 Å². The Morgan fingerprint density at radius 3 is 2.85 bits per heavy atom. The Kier molecular flexibility index (Phi) is 3.22. The Morgan fingerprint density at radius 1 is 1.25 bits per heavy atom. The average molecular weight is 277 g/mol. The summed E-state index contributed by atoms with van der Waals surface area (Å²) in [5, 5.41) is 9.17. The van der Waals surface area contributed by atoms with Crippen LogP contribution >= 0.6 is 0 Å². The molecule has 3 rings (SSSR count). The number of likely N-dealkylation sites (tertiary alicyclic amines) is 1. The van der Waals surface area contributed by atoms with E-state index < -0.39 is 12.0 Å². The summed E-state index contributed by atoms with van der Waals surface area (Å²) in [7, 11) is 0. The van der Waals surface area contributed by atoms with Gasteiger partial charge in [0.2, 0.25) is 0 Å². The Morgan fingerprint density at radius 2 is 2.05 bits per heavy atom. The third kappa shape index (κ3) is 2.07. The number of rotatable bonds is 2. The molecule has 0 unspecified atom stereocenters. The number of aliphatic carboxylic acids is 1. The topological polar surface area (TPSA) is 76.1 Å². The molecule has 1 fully saturated rings. The minimum atomic E-state index is -0.960. The van der Waals surface area contributed by atoms with Gasteiger partial charge in [0.05, 0.1) is 5.56 Å². The zero-order chi connectivity index (χ0) is 14.1. The second-order valence-corrected chi connectivity index (χ2v) is 4.82. The highest BCUT2D eigenvalue weighted by Crippen LogP contribution is 2.35. The van der Waals surface area contributed by atoms with E-state index in [-0.39, 0.29) is 5.91 Å². The van der Waals surface area contributed by atoms with Crippen LogP contribution in [0.15, 0.2) is 18.2 Å². The summed E-state index contributed by atoms with van der Waals surface area (Å²) < 4.78 is 11.0. The Balaban J connectivity index is 1.93. The number of carbonyl (C=O) groups is 2. The van der Waals surface area contributed by atoms with Crippen LogP contribution in [0.1, 0.15) is 23.2 Å². The number of ether oxygens (including phenoxy) is 2. The van der Waals surface area contributed by atoms with Crippen molar-refractivity contribution < 1.29 is 24.2 Å². The second-order valence-electron chi connectivity index (χ2n) is 4.82. The molecule has 2 aliphatic rings. The predicted molar refractivity (Wildman–Crippen MR) is 69.1 cm³/mol. The molecule has 106 valence electrons. The highest BCUT2D eigenvalue weighted by molar-refractivity contribution is 6.00. The van der Waals surface area contributed by atoms with E-state index in [1.807, 2.05) is 0 Å². The average Bonchev–Trinajstić information content (AvgIpc) is 2.95. The van der Waals surface area contributed by atoms with Crippen molar-refractivity contribution in [2.45, 2.75) is 18.9 Å². The van der Waals surface area contributed by atoms with Crippen LogP contribution in [0, 0.1) is 0 Å². The second kappa shape index (κ2) is 5.03. The Hall–Kier alpha value is -2.24. The molecule has 1 aromatic carbocycles. The number of hydrogen-bond acceptors (Lipinski definition) is 4. The molecule has 6 nitrogen and oxygen atoms in total. The first-order valence-corrected chi connectivity index (χ1v) is 6.61. The molecule has 0 radical (unpaired) electrons. The van der Waals surface area contributed by atoms with Crippen LogP contribution in [0.4, 0.5) is 0 Å². The monoisotopic (exact) mass is 277 g/mol. The van der Waals surface area contributed by atoms with Crippen molar-refractivity contribution in [3.05, 3.63) is 23.8 Å². The van der Waals surface area contributed by atoms with Crippen LogP contribution in [0.3, 0.4) is 0 Å². The molecule has 6 heteroatoms. The van der Waals surface area contributed by atoms with Gasteiger partial charge in [-0.2, -0.15) is 0 Å². The molecule has 1 aromatic rings. The maximum atomic E-state index is 12.6. The van der Waals surface area contributed by atoms with Gasteiger partial charge in [0.15, 0.2) is 11.5 Å². The minimum absolute atomic E-state index is 0.308. The molecular formula is C14H15NO5. The Labute approximate surface area is 115 Å². The van der Waals surface area contributed by atoms with Gasteiger partial charge in [-0.15, -0.1) is 0 Å². The molecule has 1 amide bonds. The zero-order valence-electron chi connectivity index (χ0n) is 10.9. The fourth-order valence-electron chi connectivity index (χ4n) is 2.66. The lowest BCUT2D eigenvalue weighted by Crippen LogP contribution is -2.40. The SMILES string of the molecule is O=C(O)[C@H]1CCCN1C(=O)c1cccc2c1OCCO2. The van der Waals surface area contributed by atoms with Crippen LogP contribution in [-0.2, 0) is 4.79 Å². The fraction of sp³-hybridized carbons (Fsp3) is 0.429. The van der Waals surface area contributed by atoms with Gasteiger partial charge in [0.25, 0.3) is 5.91 Å². The predicted octanol–water partition coefficient (Wildman–Crippen LogP) is 1.15. The number of amides is 1. The van der Waals surface area contributed by atoms with E-state index in [4.69, 9.17) is 14.6 Å². The van der Waals surface area contributed by atoms with Crippen molar-refractivity contribution >= 4 is 11.9 Å². The standard InChI is InChI=1S/C14H15NO5/c16-13(15-6-2-4-10(15)14(17)18)9-3-1-5-11-12(9)20-8-7-19-11/h1,3,5,10H,2,4,6-8H2,(H,17,18)/t10-/m1/s1. The smallest absolute Gasteiger partial charge is 0.326 e. The molecule has 1 N–H and O–H groups in total. The molecule has 2 heterocycles. The summed E-state index contributed by atoms with van der Waals surface area (Å²) in [4.78, 5) is 25.1. The van der Waals surface area contributed by atoms with Gasteiger partial charge < -0.3 is 19.5 Å². The molecule has 0 saturated carbocycles. The molecule has 0 aromatic heterocycles. The van der Waals surface area contributed by atoms with Gasteiger partial charge in [-0.3, -0.25) is 4.79 Å². The van der Waals surface area contributed by atoms with E-state index in [0.717, 1.165) is 0 Å². The van der Waals surface area contributed by atoms with Gasteiger partial charge in [0.1, 0.15) is 19.3 Å². The van der Waals surface area contributed by atoms with Gasteiger partial charge >= 0.3 is 5.97 Å². The third-order valence-corrected chi connectivity index (χ3v) is 3.60. The molecule has 20 heavy (non-hydrogen) atoms. The molecule has 0 aliphatic carbocycles. The first-order valence-electron chi connectivity index (χ1n) is 6.61. The lowest BCUT2D eigenvalue weighted by Gasteiger charge is -2.25. The highest BCUT2D eigenvalue weighted by Gasteiger charge is 2.36. The largest absolute Gasteiger partial charge is 0.486 e. The van der Waals surface area contributed by atoms with Gasteiger partial charge in [-0.1, -0.05) is 6.07 Å². The maximum Gasteiger partial charge on any atom is 0.326 e. The minimum Gasteiger partial charge on any atom is -0.486 e. The van der Waals surface area contributed by atoms with Crippen molar-refractivity contribution in [1.82, 2.24) is 4.90 Å². The quantitative estimate of drug-likeness (QED) is 0.877. The maximum absolute atomic E-state index is 12.6. The molecule has 0 bridgehead atoms. The summed E-state index contributed by atoms with van der Waals surface area (Å²) in [5.74, 6) is -0.317. The molecule has 0 spiro atoms. The van der Waals surface area contributed by atoms with Crippen LogP contribution in [0.25, 0.3) is 0 Å². The van der Waals surface area contributed by atoms with E-state index in [1.54, 1.807) is 18.2 Å². The van der Waals surface area contributed by atoms with Crippen LogP contribution in [0.2, 0.25) is 0 Å². The number of carboxylic acid groups (broad SMARTS) is 1. The number of fused-ring (bicyclic) bond motifs is 1. The number of benzene rings is 1. The molecule has 1 atom stereocenters. The van der Waals surface area contributed by atoms with Crippen LogP contribution in [-0.4, -0.2) is 47.7 Å². The number of hydrogen-bond donors (Lipinski definition) is 1. The molecule has 1 saturated heterocycles. The normalized spacial score (nSPS) is 20.8. The third-order valence-electron chi connectivity index (χ3n) is 3.60. The molecule has 2 aliphatic heterocycles. The highest BCUT2D eigenvalue weighted by atomic mass is 16.6. The lowest BCUT2D eigenvalue weighted by molar-refractivity contribution is -0.141. The van der Waals surface area contributed by atoms with Gasteiger partial charge in [0, 0.05) is 6.54 Å². The van der Waals surface area contributed by atoms with Gasteiger partial charge in [-0.05, 0) is 25.0 Å². The van der Waals surface area contributed by atoms with Crippen molar-refractivity contribution in [3.63, 3.8) is 0 Å². The number of para-hydroxylation sites is 1. The fourth-order valence-corrected chi connectivity index (χ4v) is 2.66. The summed E-state index contributed by atoms with van der Waals surface area (Å²) in [5.41, 5.74) is 0.371. The Bertz CT molecular complexity index is 556. The van der Waals surface area contributed by atoms with E-state index in [2.05, 4.69) is 0 Å². The number of carbonyl (C=O) groups excluding carboxylic acids is 1. The zero-order valence-corrected chi connectivity index (χ0v) is 10.9. The van der Waals surface area contributed by atoms with E-state index in [0.29, 0.717) is 49.7 Å². The molecular weight excluding hydrogens is 262 g/mol. The van der Waals surface area contributed by atoms with E-state index in [1.165, 1.54) is 4.90 Å². The van der Waals surface area contributed by atoms with Crippen molar-refractivity contribution in [2.75, 3.05) is 19.8 Å². The summed E-state index contributed by atoms with van der Waals surface area (Å²) in [6, 6.07) is 4.35. The summed E-state index contributed by atoms with van der Waals surface area (Å²) in [6.07, 6.45) is 1.20. The number of carboxylic acids is 1. The van der Waals surface area contributed by atoms with Crippen LogP contribution < -0.4 is 9.47 Å².